The SMILES string of the molecule is O=C(O)c1ccc(C2CC2)c(O[C@@H](CCO)C(F)(F)F)n1. The molecule has 1 aliphatic rings. The quantitative estimate of drug-likeness (QED) is 0.843. The van der Waals surface area contributed by atoms with Crippen molar-refractivity contribution in [3.8, 4) is 5.88 Å². The number of halogens is 3. The number of aromatic nitrogens is 1. The summed E-state index contributed by atoms with van der Waals surface area (Å²) in [5.41, 5.74) is 0.103. The number of aliphatic hydroxyl groups is 1. The average molecular weight is 305 g/mol. The Morgan fingerprint density at radius 2 is 2.10 bits per heavy atom. The number of rotatable bonds is 6. The summed E-state index contributed by atoms with van der Waals surface area (Å²) in [6.07, 6.45) is -5.89. The zero-order valence-corrected chi connectivity index (χ0v) is 10.9. The number of hydrogen-bond donors (Lipinski definition) is 2. The summed E-state index contributed by atoms with van der Waals surface area (Å²) in [7, 11) is 0. The van der Waals surface area contributed by atoms with Crippen molar-refractivity contribution in [2.75, 3.05) is 6.61 Å². The van der Waals surface area contributed by atoms with Gasteiger partial charge in [0.05, 0.1) is 0 Å². The van der Waals surface area contributed by atoms with E-state index in [9.17, 15) is 18.0 Å². The lowest BCUT2D eigenvalue weighted by Gasteiger charge is -2.22. The Kier molecular flexibility index (Phi) is 4.36. The summed E-state index contributed by atoms with van der Waals surface area (Å²) in [6.45, 7) is -0.693. The van der Waals surface area contributed by atoms with Crippen molar-refractivity contribution in [1.82, 2.24) is 4.98 Å². The third-order valence-corrected chi connectivity index (χ3v) is 3.14. The van der Waals surface area contributed by atoms with Crippen LogP contribution in [-0.4, -0.2) is 40.1 Å². The highest BCUT2D eigenvalue weighted by Crippen LogP contribution is 2.44. The minimum atomic E-state index is -4.66. The fraction of sp³-hybridized carbons (Fsp3) is 0.538. The fourth-order valence-electron chi connectivity index (χ4n) is 1.91. The molecule has 5 nitrogen and oxygen atoms in total. The number of ether oxygens (including phenoxy) is 1. The predicted octanol–water partition coefficient (Wildman–Crippen LogP) is 2.35. The second kappa shape index (κ2) is 5.88. The Labute approximate surface area is 118 Å². The van der Waals surface area contributed by atoms with E-state index in [0.29, 0.717) is 5.56 Å². The number of aliphatic hydroxyl groups excluding tert-OH is 1. The molecule has 8 heteroatoms. The highest BCUT2D eigenvalue weighted by Gasteiger charge is 2.42. The third kappa shape index (κ3) is 3.84. The zero-order chi connectivity index (χ0) is 15.6. The van der Waals surface area contributed by atoms with Gasteiger partial charge in [-0.05, 0) is 24.8 Å². The summed E-state index contributed by atoms with van der Waals surface area (Å²) in [5.74, 6) is -1.60. The first kappa shape index (κ1) is 15.6. The van der Waals surface area contributed by atoms with Gasteiger partial charge < -0.3 is 14.9 Å². The molecule has 0 bridgehead atoms. The van der Waals surface area contributed by atoms with E-state index in [1.807, 2.05) is 0 Å². The Hall–Kier alpha value is -1.83. The molecule has 1 fully saturated rings. The number of pyridine rings is 1. The molecule has 1 saturated carbocycles. The molecule has 0 amide bonds. The largest absolute Gasteiger partial charge is 0.477 e. The molecule has 1 atom stereocenters. The smallest absolute Gasteiger partial charge is 0.425 e. The molecule has 1 aromatic rings. The molecule has 0 saturated heterocycles. The molecule has 0 aliphatic heterocycles. The van der Waals surface area contributed by atoms with Crippen LogP contribution in [0.25, 0.3) is 0 Å². The zero-order valence-electron chi connectivity index (χ0n) is 10.9. The number of carboxylic acids is 1. The first-order chi connectivity index (χ1) is 9.82. The second-order valence-electron chi connectivity index (χ2n) is 4.83. The minimum Gasteiger partial charge on any atom is -0.477 e. The van der Waals surface area contributed by atoms with Gasteiger partial charge in [0, 0.05) is 18.6 Å². The Morgan fingerprint density at radius 1 is 1.43 bits per heavy atom. The van der Waals surface area contributed by atoms with Gasteiger partial charge in [0.2, 0.25) is 5.88 Å². The van der Waals surface area contributed by atoms with Crippen LogP contribution >= 0.6 is 0 Å². The maximum atomic E-state index is 12.8. The van der Waals surface area contributed by atoms with Crippen LogP contribution in [-0.2, 0) is 0 Å². The number of carboxylic acid groups (broad SMARTS) is 1. The van der Waals surface area contributed by atoms with E-state index in [2.05, 4.69) is 4.98 Å². The molecule has 1 aliphatic carbocycles. The van der Waals surface area contributed by atoms with Crippen molar-refractivity contribution in [2.24, 2.45) is 0 Å². The molecule has 2 rings (SSSR count). The minimum absolute atomic E-state index is 0.0540. The molecule has 0 aromatic carbocycles. The fourth-order valence-corrected chi connectivity index (χ4v) is 1.91. The molecular weight excluding hydrogens is 291 g/mol. The molecule has 0 radical (unpaired) electrons. The van der Waals surface area contributed by atoms with E-state index in [4.69, 9.17) is 14.9 Å². The maximum Gasteiger partial charge on any atom is 0.425 e. The third-order valence-electron chi connectivity index (χ3n) is 3.14. The van der Waals surface area contributed by atoms with Gasteiger partial charge in [-0.25, -0.2) is 9.78 Å². The van der Waals surface area contributed by atoms with E-state index in [1.54, 1.807) is 0 Å². The van der Waals surface area contributed by atoms with E-state index < -0.39 is 31.3 Å². The second-order valence-corrected chi connectivity index (χ2v) is 4.83. The standard InChI is InChI=1S/C13H14F3NO4/c14-13(15,16)10(5-6-18)21-11-8(7-1-2-7)3-4-9(17-11)12(19)20/h3-4,7,10,18H,1-2,5-6H2,(H,19,20)/t10-/m0/s1. The summed E-state index contributed by atoms with van der Waals surface area (Å²) in [4.78, 5) is 14.5. The van der Waals surface area contributed by atoms with Crippen LogP contribution in [0.2, 0.25) is 0 Å². The average Bonchev–Trinajstić information content (AvgIpc) is 3.21. The first-order valence-corrected chi connectivity index (χ1v) is 6.41. The van der Waals surface area contributed by atoms with Crippen LogP contribution in [0.15, 0.2) is 12.1 Å². The first-order valence-electron chi connectivity index (χ1n) is 6.41. The molecule has 2 N–H and O–H groups in total. The molecular formula is C13H14F3NO4. The van der Waals surface area contributed by atoms with Gasteiger partial charge >= 0.3 is 12.1 Å². The van der Waals surface area contributed by atoms with Gasteiger partial charge in [-0.2, -0.15) is 13.2 Å². The lowest BCUT2D eigenvalue weighted by atomic mass is 10.1. The van der Waals surface area contributed by atoms with Gasteiger partial charge in [0.25, 0.3) is 0 Å². The molecule has 0 unspecified atom stereocenters. The van der Waals surface area contributed by atoms with Crippen molar-refractivity contribution in [3.63, 3.8) is 0 Å². The van der Waals surface area contributed by atoms with Crippen LogP contribution in [0.4, 0.5) is 13.2 Å². The maximum absolute atomic E-state index is 12.8. The van der Waals surface area contributed by atoms with E-state index >= 15 is 0 Å². The molecule has 0 spiro atoms. The van der Waals surface area contributed by atoms with Gasteiger partial charge in [0.15, 0.2) is 11.8 Å². The Morgan fingerprint density at radius 3 is 2.57 bits per heavy atom. The van der Waals surface area contributed by atoms with E-state index in [-0.39, 0.29) is 17.5 Å². The number of alkyl halides is 3. The van der Waals surface area contributed by atoms with Gasteiger partial charge in [-0.1, -0.05) is 6.07 Å². The summed E-state index contributed by atoms with van der Waals surface area (Å²) >= 11 is 0. The summed E-state index contributed by atoms with van der Waals surface area (Å²) in [6, 6.07) is 2.69. The predicted molar refractivity (Wildman–Crippen MR) is 65.3 cm³/mol. The lowest BCUT2D eigenvalue weighted by molar-refractivity contribution is -0.199. The van der Waals surface area contributed by atoms with Gasteiger partial charge in [-0.3, -0.25) is 0 Å². The van der Waals surface area contributed by atoms with Crippen molar-refractivity contribution in [3.05, 3.63) is 23.4 Å². The van der Waals surface area contributed by atoms with Crippen molar-refractivity contribution >= 4 is 5.97 Å². The van der Waals surface area contributed by atoms with Crippen LogP contribution in [0.3, 0.4) is 0 Å². The van der Waals surface area contributed by atoms with Gasteiger partial charge in [0.1, 0.15) is 0 Å². The van der Waals surface area contributed by atoms with E-state index in [0.717, 1.165) is 12.8 Å². The lowest BCUT2D eigenvalue weighted by Crippen LogP contribution is -2.35. The number of hydrogen-bond acceptors (Lipinski definition) is 4. The summed E-state index contributed by atoms with van der Waals surface area (Å²) in [5, 5.41) is 17.6. The van der Waals surface area contributed by atoms with Crippen LogP contribution < -0.4 is 4.74 Å². The number of carbonyl (C=O) groups is 1. The monoisotopic (exact) mass is 305 g/mol. The molecule has 1 heterocycles. The molecule has 21 heavy (non-hydrogen) atoms. The van der Waals surface area contributed by atoms with Crippen LogP contribution in [0.5, 0.6) is 5.88 Å². The topological polar surface area (TPSA) is 79.7 Å². The van der Waals surface area contributed by atoms with Crippen molar-refractivity contribution in [1.29, 1.82) is 0 Å². The summed E-state index contributed by atoms with van der Waals surface area (Å²) < 4.78 is 43.3. The van der Waals surface area contributed by atoms with Crippen molar-refractivity contribution < 1.29 is 32.9 Å². The van der Waals surface area contributed by atoms with Crippen molar-refractivity contribution in [2.45, 2.75) is 37.5 Å². The van der Waals surface area contributed by atoms with Crippen LogP contribution in [0, 0.1) is 0 Å². The molecule has 1 aromatic heterocycles. The Balaban J connectivity index is 2.31. The number of aromatic carboxylic acids is 1. The highest BCUT2D eigenvalue weighted by atomic mass is 19.4. The van der Waals surface area contributed by atoms with E-state index in [1.165, 1.54) is 12.1 Å². The Bertz CT molecular complexity index is 529. The highest BCUT2D eigenvalue weighted by molar-refractivity contribution is 5.85. The number of nitrogens with zero attached hydrogens (tertiary/aromatic N) is 1. The molecule has 116 valence electrons. The van der Waals surface area contributed by atoms with Crippen LogP contribution in [0.1, 0.15) is 41.2 Å². The van der Waals surface area contributed by atoms with Gasteiger partial charge in [-0.15, -0.1) is 0 Å². The normalized spacial score (nSPS) is 16.6.